The summed E-state index contributed by atoms with van der Waals surface area (Å²) in [7, 11) is 0. The van der Waals surface area contributed by atoms with Gasteiger partial charge in [0.15, 0.2) is 10.2 Å². The van der Waals surface area contributed by atoms with E-state index in [0.717, 1.165) is 35.5 Å². The van der Waals surface area contributed by atoms with Gasteiger partial charge in [-0.3, -0.25) is 20.2 Å². The number of nitro groups is 1. The minimum atomic E-state index is -0.647. The predicted octanol–water partition coefficient (Wildman–Crippen LogP) is 5.33. The smallest absolute Gasteiger partial charge is 0.288 e. The van der Waals surface area contributed by atoms with Crippen LogP contribution >= 0.6 is 35.2 Å². The van der Waals surface area contributed by atoms with Crippen LogP contribution < -0.4 is 10.6 Å². The van der Waals surface area contributed by atoms with Gasteiger partial charge in [-0.2, -0.15) is 0 Å². The number of anilines is 1. The fraction of sp³-hybridized carbons (Fsp3) is 0.211. The predicted molar refractivity (Wildman–Crippen MR) is 120 cm³/mol. The second-order valence-electron chi connectivity index (χ2n) is 6.26. The Labute approximate surface area is 181 Å². The van der Waals surface area contributed by atoms with Crippen LogP contribution in [-0.4, -0.2) is 20.9 Å². The SMILES string of the molecule is CCCCc1ccc2nc(NC(=S)NC(=O)c3ccc(Cl)c([N+](=O)[O-])c3)sc2c1. The summed E-state index contributed by atoms with van der Waals surface area (Å²) in [5.74, 6) is -0.578. The van der Waals surface area contributed by atoms with Crippen LogP contribution in [0.5, 0.6) is 0 Å². The molecular formula is C19H17ClN4O3S2. The van der Waals surface area contributed by atoms with E-state index in [-0.39, 0.29) is 21.4 Å². The number of rotatable bonds is 6. The minimum Gasteiger partial charge on any atom is -0.308 e. The molecule has 0 aliphatic carbocycles. The molecule has 2 aromatic carbocycles. The van der Waals surface area contributed by atoms with E-state index in [1.165, 1.54) is 29.0 Å². The summed E-state index contributed by atoms with van der Waals surface area (Å²) in [4.78, 5) is 27.1. The average Bonchev–Trinajstić information content (AvgIpc) is 3.07. The van der Waals surface area contributed by atoms with Crippen LogP contribution in [0.4, 0.5) is 10.8 Å². The Balaban J connectivity index is 1.68. The molecule has 1 heterocycles. The lowest BCUT2D eigenvalue weighted by Crippen LogP contribution is -2.34. The Kier molecular flexibility index (Phi) is 6.73. The van der Waals surface area contributed by atoms with Gasteiger partial charge >= 0.3 is 0 Å². The number of amides is 1. The molecule has 0 saturated heterocycles. The zero-order chi connectivity index (χ0) is 21.0. The molecule has 0 aliphatic heterocycles. The molecule has 0 spiro atoms. The number of thiocarbonyl (C=S) groups is 1. The largest absolute Gasteiger partial charge is 0.308 e. The third-order valence-electron chi connectivity index (χ3n) is 4.12. The molecule has 2 N–H and O–H groups in total. The van der Waals surface area contributed by atoms with Crippen LogP contribution in [0.3, 0.4) is 0 Å². The molecule has 29 heavy (non-hydrogen) atoms. The van der Waals surface area contributed by atoms with Gasteiger partial charge in [0, 0.05) is 11.6 Å². The van der Waals surface area contributed by atoms with Crippen molar-refractivity contribution in [2.75, 3.05) is 5.32 Å². The Morgan fingerprint density at radius 2 is 2.10 bits per heavy atom. The maximum absolute atomic E-state index is 12.3. The molecule has 3 rings (SSSR count). The second kappa shape index (κ2) is 9.25. The molecule has 0 bridgehead atoms. The average molecular weight is 449 g/mol. The first-order valence-electron chi connectivity index (χ1n) is 8.83. The summed E-state index contributed by atoms with van der Waals surface area (Å²) < 4.78 is 1.03. The zero-order valence-electron chi connectivity index (χ0n) is 15.4. The normalized spacial score (nSPS) is 10.7. The second-order valence-corrected chi connectivity index (χ2v) is 8.10. The third kappa shape index (κ3) is 5.26. The maximum atomic E-state index is 12.3. The van der Waals surface area contributed by atoms with Crippen LogP contribution in [0.2, 0.25) is 5.02 Å². The highest BCUT2D eigenvalue weighted by atomic mass is 35.5. The number of aryl methyl sites for hydroxylation is 1. The number of aromatic nitrogens is 1. The Morgan fingerprint density at radius 3 is 2.83 bits per heavy atom. The van der Waals surface area contributed by atoms with Crippen molar-refractivity contribution in [1.29, 1.82) is 0 Å². The molecule has 0 atom stereocenters. The van der Waals surface area contributed by atoms with Gasteiger partial charge in [0.2, 0.25) is 0 Å². The number of carbonyl (C=O) groups excluding carboxylic acids is 1. The number of carbonyl (C=O) groups is 1. The third-order valence-corrected chi connectivity index (χ3v) is 5.58. The van der Waals surface area contributed by atoms with Crippen molar-refractivity contribution >= 4 is 67.2 Å². The van der Waals surface area contributed by atoms with Gasteiger partial charge in [-0.05, 0) is 54.9 Å². The summed E-state index contributed by atoms with van der Waals surface area (Å²) >= 11 is 12.4. The number of hydrogen-bond acceptors (Lipinski definition) is 6. The van der Waals surface area contributed by atoms with E-state index in [1.54, 1.807) is 0 Å². The first kappa shape index (κ1) is 21.1. The van der Waals surface area contributed by atoms with Crippen LogP contribution in [0.1, 0.15) is 35.7 Å². The molecule has 7 nitrogen and oxygen atoms in total. The minimum absolute atomic E-state index is 0.0416. The molecular weight excluding hydrogens is 432 g/mol. The van der Waals surface area contributed by atoms with Crippen molar-refractivity contribution in [1.82, 2.24) is 10.3 Å². The number of unbranched alkanes of at least 4 members (excludes halogenated alkanes) is 1. The van der Waals surface area contributed by atoms with Crippen LogP contribution in [0.25, 0.3) is 10.2 Å². The number of nitrogens with one attached hydrogen (secondary N) is 2. The van der Waals surface area contributed by atoms with Crippen LogP contribution in [0, 0.1) is 10.1 Å². The standard InChI is InChI=1S/C19H17ClN4O3S2/c1-2-3-4-11-5-8-14-16(9-11)29-19(21-14)23-18(28)22-17(25)12-6-7-13(20)15(10-12)24(26)27/h5-10H,2-4H2,1H3,(H2,21,22,23,25,28). The molecule has 3 aromatic rings. The van der Waals surface area contributed by atoms with Crippen molar-refractivity contribution in [2.24, 2.45) is 0 Å². The molecule has 0 fully saturated rings. The zero-order valence-corrected chi connectivity index (χ0v) is 17.8. The lowest BCUT2D eigenvalue weighted by molar-refractivity contribution is -0.384. The number of benzene rings is 2. The highest BCUT2D eigenvalue weighted by molar-refractivity contribution is 7.80. The van der Waals surface area contributed by atoms with E-state index in [1.807, 2.05) is 6.07 Å². The van der Waals surface area contributed by atoms with Gasteiger partial charge in [0.25, 0.3) is 11.6 Å². The maximum Gasteiger partial charge on any atom is 0.288 e. The summed E-state index contributed by atoms with van der Waals surface area (Å²) in [6.45, 7) is 2.16. The molecule has 10 heteroatoms. The first-order valence-corrected chi connectivity index (χ1v) is 10.4. The van der Waals surface area contributed by atoms with Gasteiger partial charge in [0.05, 0.1) is 15.1 Å². The Hall–Kier alpha value is -2.62. The molecule has 0 radical (unpaired) electrons. The summed E-state index contributed by atoms with van der Waals surface area (Å²) in [5.41, 5.74) is 1.84. The molecule has 0 aliphatic rings. The van der Waals surface area contributed by atoms with Crippen LogP contribution in [0.15, 0.2) is 36.4 Å². The van der Waals surface area contributed by atoms with E-state index >= 15 is 0 Å². The number of nitro benzene ring substituents is 1. The number of nitrogens with zero attached hydrogens (tertiary/aromatic N) is 2. The van der Waals surface area contributed by atoms with Gasteiger partial charge < -0.3 is 5.32 Å². The molecule has 150 valence electrons. The van der Waals surface area contributed by atoms with Gasteiger partial charge in [-0.1, -0.05) is 42.3 Å². The Morgan fingerprint density at radius 1 is 1.31 bits per heavy atom. The summed E-state index contributed by atoms with van der Waals surface area (Å²) in [5, 5.41) is 16.9. The topological polar surface area (TPSA) is 97.2 Å². The van der Waals surface area contributed by atoms with Gasteiger partial charge in [-0.25, -0.2) is 4.98 Å². The fourth-order valence-corrected chi connectivity index (χ4v) is 4.03. The highest BCUT2D eigenvalue weighted by Gasteiger charge is 2.17. The van der Waals surface area contributed by atoms with E-state index in [2.05, 4.69) is 34.7 Å². The van der Waals surface area contributed by atoms with Crippen molar-refractivity contribution < 1.29 is 9.72 Å². The van der Waals surface area contributed by atoms with Crippen molar-refractivity contribution in [2.45, 2.75) is 26.2 Å². The van der Waals surface area contributed by atoms with Crippen molar-refractivity contribution in [3.63, 3.8) is 0 Å². The fourth-order valence-electron chi connectivity index (χ4n) is 2.66. The monoisotopic (exact) mass is 448 g/mol. The lowest BCUT2D eigenvalue weighted by atomic mass is 10.1. The molecule has 1 amide bonds. The summed E-state index contributed by atoms with van der Waals surface area (Å²) in [6, 6.07) is 9.95. The number of fused-ring (bicyclic) bond motifs is 1. The number of thiazole rings is 1. The van der Waals surface area contributed by atoms with E-state index in [9.17, 15) is 14.9 Å². The molecule has 1 aromatic heterocycles. The van der Waals surface area contributed by atoms with E-state index < -0.39 is 10.8 Å². The highest BCUT2D eigenvalue weighted by Crippen LogP contribution is 2.28. The molecule has 0 unspecified atom stereocenters. The Bertz CT molecular complexity index is 1100. The van der Waals surface area contributed by atoms with E-state index in [4.69, 9.17) is 23.8 Å². The number of halogens is 1. The van der Waals surface area contributed by atoms with E-state index in [0.29, 0.717) is 5.13 Å². The first-order chi connectivity index (χ1) is 13.9. The van der Waals surface area contributed by atoms with Crippen LogP contribution in [-0.2, 0) is 6.42 Å². The van der Waals surface area contributed by atoms with Crippen molar-refractivity contribution in [3.05, 3.63) is 62.7 Å². The lowest BCUT2D eigenvalue weighted by Gasteiger charge is -2.07. The van der Waals surface area contributed by atoms with Gasteiger partial charge in [-0.15, -0.1) is 0 Å². The van der Waals surface area contributed by atoms with Crippen molar-refractivity contribution in [3.8, 4) is 0 Å². The van der Waals surface area contributed by atoms with Gasteiger partial charge in [0.1, 0.15) is 5.02 Å². The number of hydrogen-bond donors (Lipinski definition) is 2. The summed E-state index contributed by atoms with van der Waals surface area (Å²) in [6.07, 6.45) is 3.29. The quantitative estimate of drug-likeness (QED) is 0.300. The molecule has 0 saturated carbocycles.